The lowest BCUT2D eigenvalue weighted by Gasteiger charge is -2.22. The molecule has 3 rings (SSSR count). The number of carbonyl (C=O) groups is 1. The summed E-state index contributed by atoms with van der Waals surface area (Å²) in [6.07, 6.45) is 0.830. The van der Waals surface area contributed by atoms with E-state index in [4.69, 9.17) is 4.74 Å². The van der Waals surface area contributed by atoms with Gasteiger partial charge in [-0.25, -0.2) is 13.4 Å². The Labute approximate surface area is 185 Å². The number of ether oxygens (including phenoxy) is 1. The summed E-state index contributed by atoms with van der Waals surface area (Å²) in [5.74, 6) is 0.400. The average Bonchev–Trinajstić information content (AvgIpc) is 3.17. The fraction of sp³-hybridized carbons (Fsp3) is 0.333. The normalized spacial score (nSPS) is 13.5. The van der Waals surface area contributed by atoms with Crippen molar-refractivity contribution in [1.29, 1.82) is 0 Å². The largest absolute Gasteiger partial charge is 0.497 e. The van der Waals surface area contributed by atoms with Crippen LogP contribution in [0.2, 0.25) is 0 Å². The number of nitrogens with one attached hydrogen (secondary N) is 2. The van der Waals surface area contributed by atoms with E-state index in [1.54, 1.807) is 30.3 Å². The molecule has 0 saturated heterocycles. The van der Waals surface area contributed by atoms with Crippen molar-refractivity contribution < 1.29 is 23.1 Å². The summed E-state index contributed by atoms with van der Waals surface area (Å²) in [4.78, 5) is 17.0. The van der Waals surface area contributed by atoms with E-state index in [9.17, 15) is 18.3 Å². The number of rotatable bonds is 9. The molecule has 3 N–H and O–H groups in total. The number of methoxy groups -OCH3 is 1. The Hall–Kier alpha value is -2.69. The number of amides is 1. The molecule has 0 aliphatic carbocycles. The number of carbonyl (C=O) groups excluding carboxylic acids is 1. The van der Waals surface area contributed by atoms with Gasteiger partial charge in [-0.05, 0) is 48.4 Å². The first-order valence-corrected chi connectivity index (χ1v) is 12.1. The van der Waals surface area contributed by atoms with Gasteiger partial charge in [-0.15, -0.1) is 0 Å². The Morgan fingerprint density at radius 1 is 1.23 bits per heavy atom. The highest BCUT2D eigenvalue weighted by Crippen LogP contribution is 2.29. The van der Waals surface area contributed by atoms with E-state index in [-0.39, 0.29) is 34.5 Å². The average molecular weight is 464 g/mol. The summed E-state index contributed by atoms with van der Waals surface area (Å²) < 4.78 is 33.5. The van der Waals surface area contributed by atoms with E-state index in [0.717, 1.165) is 17.8 Å². The molecular formula is C21H25N3O5S2. The van der Waals surface area contributed by atoms with Crippen molar-refractivity contribution in [2.75, 3.05) is 18.4 Å². The first-order valence-electron chi connectivity index (χ1n) is 9.76. The van der Waals surface area contributed by atoms with Crippen molar-refractivity contribution in [3.8, 4) is 5.75 Å². The van der Waals surface area contributed by atoms with E-state index in [1.165, 1.54) is 19.2 Å². The van der Waals surface area contributed by atoms with Crippen LogP contribution >= 0.6 is 11.3 Å². The molecule has 2 atom stereocenters. The summed E-state index contributed by atoms with van der Waals surface area (Å²) in [5, 5.41) is 12.6. The lowest BCUT2D eigenvalue weighted by Crippen LogP contribution is -2.41. The Kier molecular flexibility index (Phi) is 7.14. The minimum atomic E-state index is -3.81. The van der Waals surface area contributed by atoms with Crippen molar-refractivity contribution >= 4 is 42.6 Å². The predicted molar refractivity (Wildman–Crippen MR) is 121 cm³/mol. The van der Waals surface area contributed by atoms with Gasteiger partial charge in [0.15, 0.2) is 5.13 Å². The first-order chi connectivity index (χ1) is 14.8. The van der Waals surface area contributed by atoms with Gasteiger partial charge in [0, 0.05) is 5.56 Å². The van der Waals surface area contributed by atoms with Gasteiger partial charge in [-0.1, -0.05) is 31.6 Å². The summed E-state index contributed by atoms with van der Waals surface area (Å²) >= 11 is 1.14. The lowest BCUT2D eigenvalue weighted by molar-refractivity contribution is 0.0891. The van der Waals surface area contributed by atoms with Crippen molar-refractivity contribution in [2.24, 2.45) is 5.92 Å². The predicted octanol–water partition coefficient (Wildman–Crippen LogP) is 3.24. The zero-order valence-corrected chi connectivity index (χ0v) is 19.1. The summed E-state index contributed by atoms with van der Waals surface area (Å²) in [6.45, 7) is 3.83. The number of aromatic nitrogens is 1. The van der Waals surface area contributed by atoms with Crippen molar-refractivity contribution in [3.05, 3.63) is 48.0 Å². The molecular weight excluding hydrogens is 438 g/mol. The zero-order valence-electron chi connectivity index (χ0n) is 17.5. The Morgan fingerprint density at radius 3 is 2.55 bits per heavy atom. The number of benzene rings is 2. The third kappa shape index (κ3) is 5.33. The molecule has 0 radical (unpaired) electrons. The van der Waals surface area contributed by atoms with E-state index >= 15 is 0 Å². The molecule has 10 heteroatoms. The van der Waals surface area contributed by atoms with Crippen LogP contribution in [0.5, 0.6) is 5.75 Å². The molecule has 0 spiro atoms. The summed E-state index contributed by atoms with van der Waals surface area (Å²) in [7, 11) is -2.30. The minimum absolute atomic E-state index is 0.0905. The Morgan fingerprint density at radius 2 is 1.94 bits per heavy atom. The van der Waals surface area contributed by atoms with Crippen LogP contribution in [0, 0.1) is 5.92 Å². The molecule has 1 aromatic heterocycles. The van der Waals surface area contributed by atoms with Crippen LogP contribution in [0.25, 0.3) is 10.2 Å². The number of thiazole rings is 1. The molecule has 0 aliphatic rings. The summed E-state index contributed by atoms with van der Waals surface area (Å²) in [5.41, 5.74) is 0.997. The van der Waals surface area contributed by atoms with Crippen LogP contribution < -0.4 is 14.8 Å². The minimum Gasteiger partial charge on any atom is -0.497 e. The van der Waals surface area contributed by atoms with Crippen LogP contribution in [0.4, 0.5) is 5.13 Å². The fourth-order valence-corrected chi connectivity index (χ4v) is 5.08. The van der Waals surface area contributed by atoms with Crippen LogP contribution in [0.1, 0.15) is 30.6 Å². The van der Waals surface area contributed by atoms with Gasteiger partial charge in [0.05, 0.1) is 34.9 Å². The smallest absolute Gasteiger partial charge is 0.263 e. The van der Waals surface area contributed by atoms with E-state index < -0.39 is 10.0 Å². The monoisotopic (exact) mass is 463 g/mol. The number of hydrogen-bond donors (Lipinski definition) is 3. The molecule has 3 aromatic rings. The zero-order chi connectivity index (χ0) is 22.6. The van der Waals surface area contributed by atoms with Crippen LogP contribution in [0.3, 0.4) is 0 Å². The van der Waals surface area contributed by atoms with Gasteiger partial charge in [-0.2, -0.15) is 0 Å². The summed E-state index contributed by atoms with van der Waals surface area (Å²) in [6, 6.07) is 10.7. The van der Waals surface area contributed by atoms with Gasteiger partial charge in [0.25, 0.3) is 15.9 Å². The highest BCUT2D eigenvalue weighted by Gasteiger charge is 2.20. The van der Waals surface area contributed by atoms with Crippen LogP contribution in [-0.4, -0.2) is 44.2 Å². The van der Waals surface area contributed by atoms with Crippen molar-refractivity contribution in [1.82, 2.24) is 10.3 Å². The maximum atomic E-state index is 12.6. The fourth-order valence-electron chi connectivity index (χ4n) is 2.94. The molecule has 0 unspecified atom stereocenters. The third-order valence-electron chi connectivity index (χ3n) is 5.09. The maximum absolute atomic E-state index is 12.6. The first kappa shape index (κ1) is 23.0. The van der Waals surface area contributed by atoms with Crippen LogP contribution in [0.15, 0.2) is 47.4 Å². The Balaban J connectivity index is 1.79. The molecule has 166 valence electrons. The highest BCUT2D eigenvalue weighted by atomic mass is 32.2. The second-order valence-electron chi connectivity index (χ2n) is 7.13. The number of anilines is 1. The molecule has 2 aromatic carbocycles. The number of aliphatic hydroxyl groups excluding tert-OH is 1. The molecule has 0 fully saturated rings. The topological polar surface area (TPSA) is 118 Å². The molecule has 1 heterocycles. The molecule has 0 aliphatic heterocycles. The molecule has 0 bridgehead atoms. The standard InChI is InChI=1S/C21H25N3O5S2/c1-4-13(2)18(12-25)22-20(26)14-5-10-17-19(11-14)30-21(23-17)24-31(27,28)16-8-6-15(29-3)7-9-16/h5-11,13,18,25H,4,12H2,1-3H3,(H,22,26)(H,23,24)/t13-,18-/m0/s1. The number of nitrogens with zero attached hydrogens (tertiary/aromatic N) is 1. The molecule has 0 saturated carbocycles. The van der Waals surface area contributed by atoms with E-state index in [0.29, 0.717) is 21.5 Å². The number of fused-ring (bicyclic) bond motifs is 1. The van der Waals surface area contributed by atoms with E-state index in [1.807, 2.05) is 13.8 Å². The van der Waals surface area contributed by atoms with Gasteiger partial charge in [0.1, 0.15) is 5.75 Å². The SMILES string of the molecule is CC[C@H](C)[C@H](CO)NC(=O)c1ccc2nc(NS(=O)(=O)c3ccc(OC)cc3)sc2c1. The third-order valence-corrected chi connectivity index (χ3v) is 7.50. The number of hydrogen-bond acceptors (Lipinski definition) is 7. The van der Waals surface area contributed by atoms with Gasteiger partial charge in [-0.3, -0.25) is 9.52 Å². The van der Waals surface area contributed by atoms with Gasteiger partial charge >= 0.3 is 0 Å². The molecule has 31 heavy (non-hydrogen) atoms. The van der Waals surface area contributed by atoms with Crippen molar-refractivity contribution in [3.63, 3.8) is 0 Å². The Bertz CT molecular complexity index is 1160. The highest BCUT2D eigenvalue weighted by molar-refractivity contribution is 7.93. The second kappa shape index (κ2) is 9.63. The molecule has 1 amide bonds. The lowest BCUT2D eigenvalue weighted by atomic mass is 9.99. The maximum Gasteiger partial charge on any atom is 0.263 e. The quantitative estimate of drug-likeness (QED) is 0.448. The second-order valence-corrected chi connectivity index (χ2v) is 9.84. The van der Waals surface area contributed by atoms with Gasteiger partial charge < -0.3 is 15.2 Å². The van der Waals surface area contributed by atoms with Gasteiger partial charge in [0.2, 0.25) is 0 Å². The van der Waals surface area contributed by atoms with Crippen molar-refractivity contribution in [2.45, 2.75) is 31.2 Å². The number of aliphatic hydroxyl groups is 1. The van der Waals surface area contributed by atoms with E-state index in [2.05, 4.69) is 15.0 Å². The number of sulfonamides is 1. The van der Waals surface area contributed by atoms with Crippen LogP contribution in [-0.2, 0) is 10.0 Å². The molecule has 8 nitrogen and oxygen atoms in total.